The fourth-order valence-corrected chi connectivity index (χ4v) is 7.05. The van der Waals surface area contributed by atoms with Crippen LogP contribution in [0.4, 0.5) is 28.4 Å². The summed E-state index contributed by atoms with van der Waals surface area (Å²) >= 11 is 0. The average molecular weight is 667 g/mol. The summed E-state index contributed by atoms with van der Waals surface area (Å²) in [6.45, 7) is 4.35. The number of fused-ring (bicyclic) bond motifs is 1. The number of benzene rings is 8. The molecule has 8 aromatic carbocycles. The standard InChI is InChI=1S/C50H38N2/c1-2-41(51(42-25-13-5-14-26-42)43-27-15-6-16-28-43)35-40-36-48(38-21-9-3-10-22-38)49-37-46(33-34-47(49)50(40)39-23-11-4-12-24-39)52(44-29-17-7-18-30-44)45-31-19-8-20-32-45/h2-37H,1H2. The second kappa shape index (κ2) is 14.9. The Balaban J connectivity index is 1.42. The molecule has 8 rings (SSSR count). The summed E-state index contributed by atoms with van der Waals surface area (Å²) in [5.41, 5.74) is 12.2. The van der Waals surface area contributed by atoms with E-state index in [0.29, 0.717) is 0 Å². The molecule has 0 amide bonds. The lowest BCUT2D eigenvalue weighted by molar-refractivity contribution is 1.22. The largest absolute Gasteiger partial charge is 0.311 e. The molecule has 0 radical (unpaired) electrons. The Labute approximate surface area is 306 Å². The van der Waals surface area contributed by atoms with Gasteiger partial charge in [-0.05, 0) is 117 Å². The zero-order valence-electron chi connectivity index (χ0n) is 28.9. The summed E-state index contributed by atoms with van der Waals surface area (Å²) in [6.07, 6.45) is 4.25. The molecule has 0 saturated carbocycles. The second-order valence-corrected chi connectivity index (χ2v) is 12.6. The molecule has 0 bridgehead atoms. The summed E-state index contributed by atoms with van der Waals surface area (Å²) in [5, 5.41) is 2.36. The number of allylic oxidation sites excluding steroid dienone is 1. The highest BCUT2D eigenvalue weighted by molar-refractivity contribution is 6.10. The Morgan fingerprint density at radius 1 is 0.404 bits per heavy atom. The van der Waals surface area contributed by atoms with Gasteiger partial charge in [0.15, 0.2) is 0 Å². The molecule has 0 fully saturated rings. The van der Waals surface area contributed by atoms with E-state index in [1.165, 1.54) is 21.9 Å². The number of rotatable bonds is 10. The van der Waals surface area contributed by atoms with E-state index in [1.54, 1.807) is 0 Å². The first-order valence-corrected chi connectivity index (χ1v) is 17.6. The van der Waals surface area contributed by atoms with Gasteiger partial charge in [0.25, 0.3) is 0 Å². The topological polar surface area (TPSA) is 6.48 Å². The minimum atomic E-state index is 0.976. The molecule has 248 valence electrons. The molecule has 52 heavy (non-hydrogen) atoms. The van der Waals surface area contributed by atoms with Crippen LogP contribution in [0.25, 0.3) is 39.1 Å². The fraction of sp³-hybridized carbons (Fsp3) is 0. The minimum Gasteiger partial charge on any atom is -0.311 e. The van der Waals surface area contributed by atoms with Crippen LogP contribution in [0.3, 0.4) is 0 Å². The molecule has 0 N–H and O–H groups in total. The third-order valence-electron chi connectivity index (χ3n) is 9.38. The van der Waals surface area contributed by atoms with Crippen LogP contribution in [0.1, 0.15) is 5.56 Å². The Bertz CT molecular complexity index is 2360. The van der Waals surface area contributed by atoms with Gasteiger partial charge in [-0.15, -0.1) is 0 Å². The summed E-state index contributed by atoms with van der Waals surface area (Å²) in [7, 11) is 0. The van der Waals surface area contributed by atoms with E-state index in [9.17, 15) is 0 Å². The van der Waals surface area contributed by atoms with Crippen molar-refractivity contribution in [2.45, 2.75) is 0 Å². The number of hydrogen-bond donors (Lipinski definition) is 0. The predicted molar refractivity (Wildman–Crippen MR) is 223 cm³/mol. The molecule has 0 aliphatic heterocycles. The summed E-state index contributed by atoms with van der Waals surface area (Å²) in [5.74, 6) is 0. The normalized spacial score (nSPS) is 11.3. The lowest BCUT2D eigenvalue weighted by Gasteiger charge is -2.28. The highest BCUT2D eigenvalue weighted by atomic mass is 15.1. The van der Waals surface area contributed by atoms with E-state index in [0.717, 1.165) is 50.8 Å². The molecule has 0 heterocycles. The van der Waals surface area contributed by atoms with Crippen LogP contribution in [-0.4, -0.2) is 0 Å². The van der Waals surface area contributed by atoms with Gasteiger partial charge in [0.2, 0.25) is 0 Å². The molecule has 0 spiro atoms. The summed E-state index contributed by atoms with van der Waals surface area (Å²) in [6, 6.07) is 72.9. The second-order valence-electron chi connectivity index (χ2n) is 12.6. The minimum absolute atomic E-state index is 0.976. The van der Waals surface area contributed by atoms with Gasteiger partial charge in [-0.2, -0.15) is 0 Å². The fourth-order valence-electron chi connectivity index (χ4n) is 7.05. The van der Waals surface area contributed by atoms with E-state index in [2.05, 4.69) is 229 Å². The monoisotopic (exact) mass is 666 g/mol. The van der Waals surface area contributed by atoms with Crippen LogP contribution in [0.5, 0.6) is 0 Å². The summed E-state index contributed by atoms with van der Waals surface area (Å²) in [4.78, 5) is 4.60. The van der Waals surface area contributed by atoms with Gasteiger partial charge in [-0.1, -0.05) is 146 Å². The molecule has 8 aromatic rings. The molecule has 0 aliphatic rings. The van der Waals surface area contributed by atoms with Crippen molar-refractivity contribution in [2.24, 2.45) is 0 Å². The Hall–Kier alpha value is -6.90. The van der Waals surface area contributed by atoms with Crippen LogP contribution < -0.4 is 9.80 Å². The number of hydrogen-bond acceptors (Lipinski definition) is 2. The molecule has 0 aliphatic carbocycles. The van der Waals surface area contributed by atoms with Crippen molar-refractivity contribution >= 4 is 45.3 Å². The summed E-state index contributed by atoms with van der Waals surface area (Å²) < 4.78 is 0. The van der Waals surface area contributed by atoms with Gasteiger partial charge in [0.05, 0.1) is 0 Å². The van der Waals surface area contributed by atoms with Gasteiger partial charge in [-0.25, -0.2) is 0 Å². The first kappa shape index (κ1) is 32.3. The van der Waals surface area contributed by atoms with Gasteiger partial charge in [0.1, 0.15) is 0 Å². The van der Waals surface area contributed by atoms with Crippen molar-refractivity contribution in [3.63, 3.8) is 0 Å². The maximum atomic E-state index is 4.35. The Kier molecular flexibility index (Phi) is 9.27. The van der Waals surface area contributed by atoms with E-state index < -0.39 is 0 Å². The van der Waals surface area contributed by atoms with Gasteiger partial charge < -0.3 is 9.80 Å². The number of para-hydroxylation sites is 4. The molecule has 0 saturated heterocycles. The van der Waals surface area contributed by atoms with Gasteiger partial charge >= 0.3 is 0 Å². The highest BCUT2D eigenvalue weighted by Gasteiger charge is 2.20. The van der Waals surface area contributed by atoms with Crippen molar-refractivity contribution in [2.75, 3.05) is 9.80 Å². The molecule has 2 heteroatoms. The van der Waals surface area contributed by atoms with Gasteiger partial charge in [-0.3, -0.25) is 0 Å². The zero-order valence-corrected chi connectivity index (χ0v) is 28.9. The van der Waals surface area contributed by atoms with Crippen LogP contribution in [0.2, 0.25) is 0 Å². The van der Waals surface area contributed by atoms with Crippen molar-refractivity contribution in [1.29, 1.82) is 0 Å². The lowest BCUT2D eigenvalue weighted by Crippen LogP contribution is -2.15. The number of nitrogens with zero attached hydrogens (tertiary/aromatic N) is 2. The van der Waals surface area contributed by atoms with E-state index in [4.69, 9.17) is 0 Å². The van der Waals surface area contributed by atoms with Crippen molar-refractivity contribution in [3.05, 3.63) is 230 Å². The van der Waals surface area contributed by atoms with Gasteiger partial charge in [0, 0.05) is 34.1 Å². The van der Waals surface area contributed by atoms with E-state index in [1.807, 2.05) is 6.08 Å². The SMILES string of the molecule is C=CC(=Cc1cc(-c2ccccc2)c2cc(N(c3ccccc3)c3ccccc3)ccc2c1-c1ccccc1)N(c1ccccc1)c1ccccc1. The van der Waals surface area contributed by atoms with E-state index >= 15 is 0 Å². The Morgan fingerprint density at radius 3 is 1.33 bits per heavy atom. The number of anilines is 5. The van der Waals surface area contributed by atoms with Crippen molar-refractivity contribution in [1.82, 2.24) is 0 Å². The molecule has 2 nitrogen and oxygen atoms in total. The molecular weight excluding hydrogens is 629 g/mol. The zero-order chi connectivity index (χ0) is 35.1. The maximum absolute atomic E-state index is 4.35. The molecular formula is C50H38N2. The third-order valence-corrected chi connectivity index (χ3v) is 9.38. The quantitative estimate of drug-likeness (QED) is 0.134. The average Bonchev–Trinajstić information content (AvgIpc) is 3.22. The third kappa shape index (κ3) is 6.54. The van der Waals surface area contributed by atoms with E-state index in [-0.39, 0.29) is 0 Å². The molecule has 0 atom stereocenters. The maximum Gasteiger partial charge on any atom is 0.0468 e. The van der Waals surface area contributed by atoms with Crippen molar-refractivity contribution in [3.8, 4) is 22.3 Å². The van der Waals surface area contributed by atoms with Crippen LogP contribution in [0.15, 0.2) is 225 Å². The highest BCUT2D eigenvalue weighted by Crippen LogP contribution is 2.44. The van der Waals surface area contributed by atoms with Crippen LogP contribution >= 0.6 is 0 Å². The van der Waals surface area contributed by atoms with Crippen LogP contribution in [0, 0.1) is 0 Å². The first-order valence-electron chi connectivity index (χ1n) is 17.6. The molecule has 0 unspecified atom stereocenters. The van der Waals surface area contributed by atoms with Crippen molar-refractivity contribution < 1.29 is 0 Å². The smallest absolute Gasteiger partial charge is 0.0468 e. The Morgan fingerprint density at radius 2 is 0.846 bits per heavy atom. The lowest BCUT2D eigenvalue weighted by atomic mass is 9.87. The predicted octanol–water partition coefficient (Wildman–Crippen LogP) is 14.0. The molecule has 0 aromatic heterocycles. The first-order chi connectivity index (χ1) is 25.8. The van der Waals surface area contributed by atoms with Crippen LogP contribution in [-0.2, 0) is 0 Å².